The third kappa shape index (κ3) is 5.94. The standard InChI is InChI=1S/C19H33O8P/c1-2-3-4-5-6-7-8-9-10-11-12-13-14-15-16(20)18(22,23)17(21)19-25-28(24,26-19)27-19/h22-23H,2-15H2,1H3. The average molecular weight is 420 g/mol. The number of rotatable bonds is 17. The van der Waals surface area contributed by atoms with Gasteiger partial charge in [0.1, 0.15) is 0 Å². The average Bonchev–Trinajstić information content (AvgIpc) is 2.61. The van der Waals surface area contributed by atoms with Gasteiger partial charge in [-0.2, -0.15) is 0 Å². The maximum absolute atomic E-state index is 11.9. The highest BCUT2D eigenvalue weighted by molar-refractivity contribution is 7.52. The number of ketones is 2. The summed E-state index contributed by atoms with van der Waals surface area (Å²) in [4.78, 5) is 23.8. The number of phosphoric acid groups is 1. The van der Waals surface area contributed by atoms with Crippen molar-refractivity contribution in [2.24, 2.45) is 0 Å². The molecule has 0 saturated carbocycles. The summed E-state index contributed by atoms with van der Waals surface area (Å²) in [5.74, 6) is -8.18. The first kappa shape index (κ1) is 23.6. The highest BCUT2D eigenvalue weighted by atomic mass is 31.2. The number of carbonyl (C=O) groups excluding carboxylic acids is 2. The Bertz CT molecular complexity index is 562. The summed E-state index contributed by atoms with van der Waals surface area (Å²) < 4.78 is 24.6. The number of aliphatic hydroxyl groups is 2. The predicted molar refractivity (Wildman–Crippen MR) is 101 cm³/mol. The van der Waals surface area contributed by atoms with Crippen molar-refractivity contribution in [1.29, 1.82) is 0 Å². The molecule has 0 spiro atoms. The van der Waals surface area contributed by atoms with Crippen LogP contribution in [-0.4, -0.2) is 33.5 Å². The van der Waals surface area contributed by atoms with Gasteiger partial charge in [-0.25, -0.2) is 18.1 Å². The van der Waals surface area contributed by atoms with E-state index in [1.54, 1.807) is 0 Å². The van der Waals surface area contributed by atoms with E-state index in [0.717, 1.165) is 19.3 Å². The summed E-state index contributed by atoms with van der Waals surface area (Å²) in [5, 5.41) is 19.6. The van der Waals surface area contributed by atoms with Gasteiger partial charge in [-0.15, -0.1) is 0 Å². The quantitative estimate of drug-likeness (QED) is 0.156. The van der Waals surface area contributed by atoms with Crippen LogP contribution in [0.15, 0.2) is 0 Å². The lowest BCUT2D eigenvalue weighted by atomic mass is 9.99. The lowest BCUT2D eigenvalue weighted by Crippen LogP contribution is -2.69. The lowest BCUT2D eigenvalue weighted by molar-refractivity contribution is -0.405. The van der Waals surface area contributed by atoms with Gasteiger partial charge in [0, 0.05) is 6.42 Å². The molecule has 3 aliphatic heterocycles. The molecule has 2 N–H and O–H groups in total. The summed E-state index contributed by atoms with van der Waals surface area (Å²) in [6.07, 6.45) is 14.7. The van der Waals surface area contributed by atoms with Crippen LogP contribution in [0.25, 0.3) is 0 Å². The molecular weight excluding hydrogens is 387 g/mol. The molecule has 2 bridgehead atoms. The van der Waals surface area contributed by atoms with Gasteiger partial charge in [-0.3, -0.25) is 9.59 Å². The maximum Gasteiger partial charge on any atom is 0.489 e. The molecule has 0 unspecified atom stereocenters. The van der Waals surface area contributed by atoms with Crippen molar-refractivity contribution >= 4 is 19.4 Å². The van der Waals surface area contributed by atoms with Crippen molar-refractivity contribution < 1.29 is 37.9 Å². The van der Waals surface area contributed by atoms with E-state index < -0.39 is 31.1 Å². The molecular formula is C19H33O8P. The van der Waals surface area contributed by atoms with Gasteiger partial charge in [0.15, 0.2) is 5.78 Å². The van der Waals surface area contributed by atoms with E-state index >= 15 is 0 Å². The highest BCUT2D eigenvalue weighted by Gasteiger charge is 2.82. The SMILES string of the molecule is CCCCCCCCCCCCCCCC(=O)C(O)(O)C(=O)C12OP(=O)(O1)O2. The first-order chi connectivity index (χ1) is 13.3. The largest absolute Gasteiger partial charge is 0.489 e. The molecule has 8 nitrogen and oxygen atoms in total. The van der Waals surface area contributed by atoms with Crippen LogP contribution >= 0.6 is 7.82 Å². The van der Waals surface area contributed by atoms with Gasteiger partial charge in [0.25, 0.3) is 11.6 Å². The number of phosphoric ester groups is 1. The van der Waals surface area contributed by atoms with Gasteiger partial charge in [-0.1, -0.05) is 84.0 Å². The van der Waals surface area contributed by atoms with E-state index in [2.05, 4.69) is 20.5 Å². The van der Waals surface area contributed by atoms with E-state index in [9.17, 15) is 24.4 Å². The van der Waals surface area contributed by atoms with E-state index in [1.807, 2.05) is 0 Å². The number of unbranched alkanes of at least 4 members (excludes halogenated alkanes) is 12. The van der Waals surface area contributed by atoms with Crippen LogP contribution in [0.5, 0.6) is 0 Å². The first-order valence-electron chi connectivity index (χ1n) is 10.5. The Kier molecular flexibility index (Phi) is 8.80. The van der Waals surface area contributed by atoms with E-state index in [-0.39, 0.29) is 6.42 Å². The minimum atomic E-state index is -3.65. The van der Waals surface area contributed by atoms with Crippen LogP contribution in [0, 0.1) is 0 Å². The Balaban J connectivity index is 1.45. The Morgan fingerprint density at radius 3 is 1.57 bits per heavy atom. The van der Waals surface area contributed by atoms with Crippen molar-refractivity contribution in [3.8, 4) is 0 Å². The first-order valence-corrected chi connectivity index (χ1v) is 12.0. The molecule has 0 atom stereocenters. The van der Waals surface area contributed by atoms with Crippen molar-refractivity contribution in [3.63, 3.8) is 0 Å². The fourth-order valence-corrected chi connectivity index (χ4v) is 4.58. The van der Waals surface area contributed by atoms with Crippen molar-refractivity contribution in [3.05, 3.63) is 0 Å². The summed E-state index contributed by atoms with van der Waals surface area (Å²) in [7, 11) is -3.65. The Hall–Kier alpha value is -0.630. The topological polar surface area (TPSA) is 119 Å². The molecule has 3 rings (SSSR count). The van der Waals surface area contributed by atoms with Crippen LogP contribution < -0.4 is 0 Å². The van der Waals surface area contributed by atoms with E-state index in [4.69, 9.17) is 0 Å². The van der Waals surface area contributed by atoms with Crippen molar-refractivity contribution in [2.75, 3.05) is 0 Å². The fraction of sp³-hybridized carbons (Fsp3) is 0.895. The molecule has 0 radical (unpaired) electrons. The van der Waals surface area contributed by atoms with Crippen molar-refractivity contribution in [2.45, 2.75) is 109 Å². The van der Waals surface area contributed by atoms with Crippen molar-refractivity contribution in [1.82, 2.24) is 0 Å². The van der Waals surface area contributed by atoms with Crippen LogP contribution in [0.2, 0.25) is 0 Å². The molecule has 0 aromatic rings. The molecule has 3 fully saturated rings. The zero-order valence-corrected chi connectivity index (χ0v) is 17.6. The Morgan fingerprint density at radius 1 is 0.786 bits per heavy atom. The van der Waals surface area contributed by atoms with Gasteiger partial charge in [0.2, 0.25) is 0 Å². The number of hydrogen-bond donors (Lipinski definition) is 2. The normalized spacial score (nSPS) is 25.8. The maximum atomic E-state index is 11.9. The summed E-state index contributed by atoms with van der Waals surface area (Å²) in [5.41, 5.74) is 0. The molecule has 3 aliphatic rings. The van der Waals surface area contributed by atoms with Crippen LogP contribution in [-0.2, 0) is 27.7 Å². The summed E-state index contributed by atoms with van der Waals surface area (Å²) in [6, 6.07) is 0. The zero-order chi connectivity index (χ0) is 20.7. The minimum absolute atomic E-state index is 0.149. The second kappa shape index (κ2) is 10.4. The second-order valence-electron chi connectivity index (χ2n) is 7.69. The number of hydrogen-bond acceptors (Lipinski definition) is 8. The number of Topliss-reactive ketones (excluding diaryl/α,β-unsaturated/α-hetero) is 2. The zero-order valence-electron chi connectivity index (χ0n) is 16.7. The predicted octanol–water partition coefficient (Wildman–Crippen LogP) is 4.13. The summed E-state index contributed by atoms with van der Waals surface area (Å²) >= 11 is 0. The van der Waals surface area contributed by atoms with Gasteiger partial charge < -0.3 is 10.2 Å². The van der Waals surface area contributed by atoms with E-state index in [1.165, 1.54) is 57.8 Å². The smallest absolute Gasteiger partial charge is 0.354 e. The van der Waals surface area contributed by atoms with Gasteiger partial charge in [-0.05, 0) is 6.42 Å². The van der Waals surface area contributed by atoms with Crippen LogP contribution in [0.4, 0.5) is 0 Å². The van der Waals surface area contributed by atoms with Gasteiger partial charge in [0.05, 0.1) is 0 Å². The molecule has 28 heavy (non-hydrogen) atoms. The monoisotopic (exact) mass is 420 g/mol. The minimum Gasteiger partial charge on any atom is -0.354 e. The molecule has 0 aliphatic carbocycles. The Labute approximate surface area is 166 Å². The molecule has 0 aromatic carbocycles. The highest BCUT2D eigenvalue weighted by Crippen LogP contribution is 2.80. The van der Waals surface area contributed by atoms with Gasteiger partial charge >= 0.3 is 13.8 Å². The molecule has 3 heterocycles. The fourth-order valence-electron chi connectivity index (χ4n) is 3.40. The van der Waals surface area contributed by atoms with Crippen LogP contribution in [0.1, 0.15) is 96.8 Å². The molecule has 3 saturated heterocycles. The lowest BCUT2D eigenvalue weighted by Gasteiger charge is -2.54. The molecule has 9 heteroatoms. The second-order valence-corrected chi connectivity index (χ2v) is 9.14. The molecule has 0 amide bonds. The van der Waals surface area contributed by atoms with Crippen LogP contribution in [0.3, 0.4) is 0 Å². The molecule has 0 aromatic heterocycles. The molecule has 162 valence electrons. The summed E-state index contributed by atoms with van der Waals surface area (Å²) in [6.45, 7) is 2.22. The third-order valence-electron chi connectivity index (χ3n) is 5.19. The number of carbonyl (C=O) groups is 2. The third-order valence-corrected chi connectivity index (χ3v) is 6.58. The van der Waals surface area contributed by atoms with E-state index in [0.29, 0.717) is 6.42 Å². The Morgan fingerprint density at radius 2 is 1.18 bits per heavy atom.